The minimum Gasteiger partial charge on any atom is -0.457 e. The minimum absolute atomic E-state index is 0.601. The predicted molar refractivity (Wildman–Crippen MR) is 174 cm³/mol. The van der Waals surface area contributed by atoms with E-state index in [4.69, 9.17) is 14.7 Å². The lowest BCUT2D eigenvalue weighted by Gasteiger charge is -2.40. The molecule has 0 radical (unpaired) electrons. The first kappa shape index (κ1) is 25.5. The van der Waals surface area contributed by atoms with Gasteiger partial charge in [0.15, 0.2) is 0 Å². The van der Waals surface area contributed by atoms with Crippen molar-refractivity contribution >= 4 is 22.5 Å². The first-order valence-electron chi connectivity index (χ1n) is 14.3. The van der Waals surface area contributed by atoms with Gasteiger partial charge in [0.2, 0.25) is 0 Å². The van der Waals surface area contributed by atoms with Crippen molar-refractivity contribution in [3.63, 3.8) is 0 Å². The maximum atomic E-state index is 6.56. The topological polar surface area (TPSA) is 35.0 Å². The molecule has 204 valence electrons. The highest BCUT2D eigenvalue weighted by molar-refractivity contribution is 7.99. The Labute approximate surface area is 254 Å². The summed E-state index contributed by atoms with van der Waals surface area (Å²) in [7, 11) is 0. The van der Waals surface area contributed by atoms with Crippen LogP contribution in [0, 0.1) is 0 Å². The summed E-state index contributed by atoms with van der Waals surface area (Å²) in [5.74, 6) is 1.53. The molecule has 0 bridgehead atoms. The summed E-state index contributed by atoms with van der Waals surface area (Å²) in [6, 6.07) is 50.6. The summed E-state index contributed by atoms with van der Waals surface area (Å²) in [6.45, 7) is 0. The van der Waals surface area contributed by atoms with Crippen molar-refractivity contribution in [1.29, 1.82) is 0 Å². The van der Waals surface area contributed by atoms with Crippen LogP contribution in [0.1, 0.15) is 22.4 Å². The van der Waals surface area contributed by atoms with Crippen molar-refractivity contribution in [3.05, 3.63) is 180 Å². The maximum Gasteiger partial charge on any atom is 0.128 e. The van der Waals surface area contributed by atoms with Gasteiger partial charge in [-0.25, -0.2) is 0 Å². The third-order valence-corrected chi connectivity index (χ3v) is 9.27. The lowest BCUT2D eigenvalue weighted by atomic mass is 9.66. The molecule has 5 aromatic carbocycles. The molecule has 0 spiro atoms. The average Bonchev–Trinajstić information content (AvgIpc) is 3.07. The molecule has 4 heteroatoms. The van der Waals surface area contributed by atoms with Gasteiger partial charge in [0, 0.05) is 33.1 Å². The standard InChI is InChI=1S/C39H26N2OS/c1-2-12-29-26-41-35(24-27(29)11-1)28-13-9-15-31(23-28)42-32-16-10-14-30(25-32)39(38-21-7-8-22-40-38)33-17-3-5-19-36(33)43-37-20-6-4-18-34(37)39/h1-26H. The zero-order chi connectivity index (χ0) is 28.6. The number of ether oxygens (including phenoxy) is 1. The largest absolute Gasteiger partial charge is 0.457 e. The van der Waals surface area contributed by atoms with Crippen molar-refractivity contribution < 1.29 is 4.74 Å². The third kappa shape index (κ3) is 4.39. The van der Waals surface area contributed by atoms with E-state index in [-0.39, 0.29) is 0 Å². The predicted octanol–water partition coefficient (Wildman–Crippen LogP) is 9.94. The number of rotatable bonds is 5. The van der Waals surface area contributed by atoms with Gasteiger partial charge < -0.3 is 4.74 Å². The molecular formula is C39H26N2OS. The van der Waals surface area contributed by atoms with Gasteiger partial charge in [0.05, 0.1) is 16.8 Å². The highest BCUT2D eigenvalue weighted by Gasteiger charge is 2.45. The number of pyridine rings is 2. The SMILES string of the molecule is c1ccc(C2(c3cccc(Oc4cccc(-c5cc6ccccc6cn5)c4)c3)c3ccccc3Sc3ccccc32)nc1. The van der Waals surface area contributed by atoms with Crippen molar-refractivity contribution in [2.24, 2.45) is 0 Å². The van der Waals surface area contributed by atoms with Crippen LogP contribution in [0.3, 0.4) is 0 Å². The zero-order valence-electron chi connectivity index (χ0n) is 23.2. The van der Waals surface area contributed by atoms with Gasteiger partial charge in [-0.05, 0) is 76.7 Å². The number of benzene rings is 5. The molecule has 3 nitrogen and oxygen atoms in total. The van der Waals surface area contributed by atoms with Crippen LogP contribution in [-0.4, -0.2) is 9.97 Å². The molecule has 0 amide bonds. The maximum absolute atomic E-state index is 6.56. The second-order valence-electron chi connectivity index (χ2n) is 10.6. The van der Waals surface area contributed by atoms with Gasteiger partial charge >= 0.3 is 0 Å². The van der Waals surface area contributed by atoms with Crippen molar-refractivity contribution in [2.75, 3.05) is 0 Å². The number of fused-ring (bicyclic) bond motifs is 3. The van der Waals surface area contributed by atoms with Gasteiger partial charge in [-0.3, -0.25) is 9.97 Å². The number of hydrogen-bond acceptors (Lipinski definition) is 4. The fourth-order valence-corrected chi connectivity index (χ4v) is 7.40. The Morgan fingerprint density at radius 1 is 0.535 bits per heavy atom. The van der Waals surface area contributed by atoms with Crippen LogP contribution in [0.4, 0.5) is 0 Å². The van der Waals surface area contributed by atoms with Crippen LogP contribution < -0.4 is 4.74 Å². The third-order valence-electron chi connectivity index (χ3n) is 8.11. The molecule has 1 aliphatic heterocycles. The summed E-state index contributed by atoms with van der Waals surface area (Å²) in [5.41, 5.74) is 5.86. The minimum atomic E-state index is -0.601. The summed E-state index contributed by atoms with van der Waals surface area (Å²) in [4.78, 5) is 12.2. The molecule has 2 aromatic heterocycles. The fraction of sp³-hybridized carbons (Fsp3) is 0.0256. The lowest BCUT2D eigenvalue weighted by molar-refractivity contribution is 0.481. The van der Waals surface area contributed by atoms with Crippen LogP contribution in [0.5, 0.6) is 11.5 Å². The molecule has 0 saturated heterocycles. The summed E-state index contributed by atoms with van der Waals surface area (Å²) < 4.78 is 6.56. The van der Waals surface area contributed by atoms with E-state index in [1.54, 1.807) is 0 Å². The Hall–Kier alpha value is -5.19. The van der Waals surface area contributed by atoms with E-state index in [0.29, 0.717) is 0 Å². The van der Waals surface area contributed by atoms with Crippen LogP contribution >= 0.6 is 11.8 Å². The Morgan fingerprint density at radius 2 is 1.21 bits per heavy atom. The van der Waals surface area contributed by atoms with E-state index in [2.05, 4.69) is 115 Å². The smallest absolute Gasteiger partial charge is 0.128 e. The Morgan fingerprint density at radius 3 is 1.98 bits per heavy atom. The monoisotopic (exact) mass is 570 g/mol. The molecular weight excluding hydrogens is 545 g/mol. The molecule has 8 rings (SSSR count). The van der Waals surface area contributed by atoms with Crippen molar-refractivity contribution in [3.8, 4) is 22.8 Å². The Balaban J connectivity index is 1.24. The Kier molecular flexibility index (Phi) is 6.27. The molecule has 0 N–H and O–H groups in total. The highest BCUT2D eigenvalue weighted by atomic mass is 32.2. The molecule has 43 heavy (non-hydrogen) atoms. The van der Waals surface area contributed by atoms with Crippen molar-refractivity contribution in [1.82, 2.24) is 9.97 Å². The van der Waals surface area contributed by atoms with Crippen LogP contribution in [0.15, 0.2) is 168 Å². The molecule has 0 fully saturated rings. The van der Waals surface area contributed by atoms with Crippen LogP contribution in [-0.2, 0) is 5.41 Å². The summed E-state index contributed by atoms with van der Waals surface area (Å²) in [6.07, 6.45) is 3.81. The average molecular weight is 571 g/mol. The molecule has 7 aromatic rings. The normalized spacial score (nSPS) is 13.2. The van der Waals surface area contributed by atoms with E-state index in [1.807, 2.05) is 54.5 Å². The highest BCUT2D eigenvalue weighted by Crippen LogP contribution is 2.55. The van der Waals surface area contributed by atoms with Crippen LogP contribution in [0.25, 0.3) is 22.0 Å². The van der Waals surface area contributed by atoms with Crippen molar-refractivity contribution in [2.45, 2.75) is 15.2 Å². The van der Waals surface area contributed by atoms with Crippen LogP contribution in [0.2, 0.25) is 0 Å². The quantitative estimate of drug-likeness (QED) is 0.206. The lowest BCUT2D eigenvalue weighted by Crippen LogP contribution is -2.34. The number of hydrogen-bond donors (Lipinski definition) is 0. The second-order valence-corrected chi connectivity index (χ2v) is 11.7. The number of aromatic nitrogens is 2. The zero-order valence-corrected chi connectivity index (χ0v) is 24.0. The van der Waals surface area contributed by atoms with E-state index in [9.17, 15) is 0 Å². The molecule has 1 aliphatic rings. The molecule has 0 atom stereocenters. The summed E-state index contributed by atoms with van der Waals surface area (Å²) >= 11 is 1.82. The summed E-state index contributed by atoms with van der Waals surface area (Å²) in [5, 5.41) is 2.29. The van der Waals surface area contributed by atoms with E-state index in [0.717, 1.165) is 44.8 Å². The van der Waals surface area contributed by atoms with Gasteiger partial charge in [0.1, 0.15) is 11.5 Å². The Bertz CT molecular complexity index is 2060. The van der Waals surface area contributed by atoms with Gasteiger partial charge in [-0.1, -0.05) is 103 Å². The fourth-order valence-electron chi connectivity index (χ4n) is 6.20. The first-order valence-corrected chi connectivity index (χ1v) is 15.1. The molecule has 3 heterocycles. The van der Waals surface area contributed by atoms with Gasteiger partial charge in [-0.15, -0.1) is 0 Å². The molecule has 0 aliphatic carbocycles. The molecule has 0 saturated carbocycles. The van der Waals surface area contributed by atoms with E-state index < -0.39 is 5.41 Å². The number of nitrogens with zero attached hydrogens (tertiary/aromatic N) is 2. The first-order chi connectivity index (χ1) is 21.3. The van der Waals surface area contributed by atoms with Gasteiger partial charge in [0.25, 0.3) is 0 Å². The van der Waals surface area contributed by atoms with E-state index in [1.165, 1.54) is 20.9 Å². The second kappa shape index (κ2) is 10.6. The van der Waals surface area contributed by atoms with E-state index >= 15 is 0 Å². The molecule has 0 unspecified atom stereocenters. The van der Waals surface area contributed by atoms with Gasteiger partial charge in [-0.2, -0.15) is 0 Å².